The maximum atomic E-state index is 5.71. The van der Waals surface area contributed by atoms with Crippen LogP contribution in [-0.2, 0) is 0 Å². The lowest BCUT2D eigenvalue weighted by molar-refractivity contribution is 0.820. The molecule has 3 rings (SSSR count). The number of para-hydroxylation sites is 1. The van der Waals surface area contributed by atoms with Gasteiger partial charge in [-0.3, -0.25) is 5.43 Å². The number of aryl methyl sites for hydroxylation is 1. The minimum absolute atomic E-state index is 0.387. The molecule has 0 amide bonds. The first-order valence-corrected chi connectivity index (χ1v) is 7.63. The first kappa shape index (κ1) is 14.4. The summed E-state index contributed by atoms with van der Waals surface area (Å²) >= 11 is 6.51. The van der Waals surface area contributed by atoms with Gasteiger partial charge in [-0.15, -0.1) is 5.10 Å². The Hall–Kier alpha value is -2.52. The first-order chi connectivity index (χ1) is 10.6. The lowest BCUT2D eigenvalue weighted by Gasteiger charge is -2.06. The standard InChI is InChI=1S/C13H13N7S2/c1-8-7-10(20-13(15-8)22-11(14)19-20)17-18-12(21)16-9-5-3-2-4-6-9/h2-7H,1H3,(H2,14,19)(H2,16,18,21)/b17-10+. The van der Waals surface area contributed by atoms with Crippen molar-refractivity contribution in [3.63, 3.8) is 0 Å². The van der Waals surface area contributed by atoms with E-state index < -0.39 is 0 Å². The number of rotatable bonds is 2. The third-order valence-electron chi connectivity index (χ3n) is 2.71. The Morgan fingerprint density at radius 3 is 2.91 bits per heavy atom. The largest absolute Gasteiger partial charge is 0.374 e. The van der Waals surface area contributed by atoms with Crippen molar-refractivity contribution in [2.24, 2.45) is 5.10 Å². The average Bonchev–Trinajstić information content (AvgIpc) is 2.86. The van der Waals surface area contributed by atoms with E-state index in [9.17, 15) is 0 Å². The fraction of sp³-hybridized carbons (Fsp3) is 0.0769. The highest BCUT2D eigenvalue weighted by Crippen LogP contribution is 2.12. The molecule has 0 fully saturated rings. The van der Waals surface area contributed by atoms with Crippen LogP contribution in [0.2, 0.25) is 0 Å². The number of nitrogens with zero attached hydrogens (tertiary/aromatic N) is 4. The highest BCUT2D eigenvalue weighted by atomic mass is 32.1. The Balaban J connectivity index is 1.85. The average molecular weight is 331 g/mol. The smallest absolute Gasteiger partial charge is 0.216 e. The number of aromatic nitrogens is 3. The summed E-state index contributed by atoms with van der Waals surface area (Å²) < 4.78 is 1.57. The molecule has 22 heavy (non-hydrogen) atoms. The van der Waals surface area contributed by atoms with Crippen LogP contribution < -0.4 is 22.0 Å². The van der Waals surface area contributed by atoms with Crippen LogP contribution in [0.3, 0.4) is 0 Å². The molecule has 112 valence electrons. The molecule has 0 aliphatic heterocycles. The lowest BCUT2D eigenvalue weighted by Crippen LogP contribution is -2.28. The molecule has 0 unspecified atom stereocenters. The molecule has 0 radical (unpaired) electrons. The molecule has 0 atom stereocenters. The maximum absolute atomic E-state index is 5.71. The van der Waals surface area contributed by atoms with Gasteiger partial charge in [0.15, 0.2) is 10.6 Å². The highest BCUT2D eigenvalue weighted by molar-refractivity contribution is 7.80. The second kappa shape index (κ2) is 6.08. The molecular formula is C13H13N7S2. The molecule has 3 aromatic rings. The Morgan fingerprint density at radius 1 is 1.36 bits per heavy atom. The number of benzene rings is 1. The molecule has 4 N–H and O–H groups in total. The summed E-state index contributed by atoms with van der Waals surface area (Å²) in [6.07, 6.45) is 0. The Morgan fingerprint density at radius 2 is 2.14 bits per heavy atom. The van der Waals surface area contributed by atoms with Crippen LogP contribution in [0, 0.1) is 6.92 Å². The van der Waals surface area contributed by atoms with Crippen molar-refractivity contribution >= 4 is 44.4 Å². The number of nitrogens with one attached hydrogen (secondary N) is 2. The minimum Gasteiger partial charge on any atom is -0.374 e. The van der Waals surface area contributed by atoms with Gasteiger partial charge in [-0.25, -0.2) is 4.98 Å². The summed E-state index contributed by atoms with van der Waals surface area (Å²) in [7, 11) is 0. The van der Waals surface area contributed by atoms with Gasteiger partial charge in [0.25, 0.3) is 0 Å². The van der Waals surface area contributed by atoms with Crippen LogP contribution in [0.5, 0.6) is 0 Å². The molecule has 7 nitrogen and oxygen atoms in total. The molecular weight excluding hydrogens is 318 g/mol. The number of nitrogen functional groups attached to an aromatic ring is 1. The van der Waals surface area contributed by atoms with Gasteiger partial charge >= 0.3 is 0 Å². The molecule has 0 saturated heterocycles. The van der Waals surface area contributed by atoms with Gasteiger partial charge in [0.05, 0.1) is 0 Å². The van der Waals surface area contributed by atoms with E-state index in [1.165, 1.54) is 11.3 Å². The van der Waals surface area contributed by atoms with Gasteiger partial charge in [0.1, 0.15) is 0 Å². The van der Waals surface area contributed by atoms with Gasteiger partial charge < -0.3 is 11.1 Å². The van der Waals surface area contributed by atoms with E-state index in [1.807, 2.05) is 37.3 Å². The zero-order valence-corrected chi connectivity index (χ0v) is 13.3. The van der Waals surface area contributed by atoms with Crippen LogP contribution in [0.1, 0.15) is 5.69 Å². The molecule has 2 heterocycles. The van der Waals surface area contributed by atoms with E-state index in [4.69, 9.17) is 18.0 Å². The van der Waals surface area contributed by atoms with Gasteiger partial charge in [0.2, 0.25) is 10.1 Å². The van der Waals surface area contributed by atoms with E-state index in [0.717, 1.165) is 11.4 Å². The Kier molecular flexibility index (Phi) is 3.98. The van der Waals surface area contributed by atoms with Gasteiger partial charge in [-0.2, -0.15) is 9.62 Å². The maximum Gasteiger partial charge on any atom is 0.216 e. The summed E-state index contributed by atoms with van der Waals surface area (Å²) in [6, 6.07) is 11.4. The van der Waals surface area contributed by atoms with E-state index in [1.54, 1.807) is 10.6 Å². The molecule has 0 aliphatic carbocycles. The third kappa shape index (κ3) is 3.21. The SMILES string of the molecule is Cc1c/c(=N\NC(=S)Nc2ccccc2)n2nc(N)sc2n1. The fourth-order valence-electron chi connectivity index (χ4n) is 1.82. The van der Waals surface area contributed by atoms with Crippen LogP contribution in [-0.4, -0.2) is 19.7 Å². The summed E-state index contributed by atoms with van der Waals surface area (Å²) in [4.78, 5) is 5.04. The topological polar surface area (TPSA) is 92.6 Å². The summed E-state index contributed by atoms with van der Waals surface area (Å²) in [6.45, 7) is 1.88. The number of hydrogen-bond donors (Lipinski definition) is 3. The number of nitrogens with two attached hydrogens (primary N) is 1. The van der Waals surface area contributed by atoms with E-state index in [0.29, 0.717) is 20.7 Å². The lowest BCUT2D eigenvalue weighted by atomic mass is 10.3. The quantitative estimate of drug-likeness (QED) is 0.487. The molecule has 1 aromatic carbocycles. The fourth-order valence-corrected chi connectivity index (χ4v) is 2.70. The van der Waals surface area contributed by atoms with Gasteiger partial charge in [-0.05, 0) is 31.3 Å². The van der Waals surface area contributed by atoms with Crippen molar-refractivity contribution < 1.29 is 0 Å². The normalized spacial score (nSPS) is 11.6. The van der Waals surface area contributed by atoms with Crippen molar-refractivity contribution in [2.75, 3.05) is 11.1 Å². The Bertz CT molecular complexity index is 882. The molecule has 0 spiro atoms. The zero-order valence-electron chi connectivity index (χ0n) is 11.6. The Labute approximate surface area is 135 Å². The van der Waals surface area contributed by atoms with Crippen LogP contribution in [0.4, 0.5) is 10.8 Å². The van der Waals surface area contributed by atoms with Crippen molar-refractivity contribution in [3.05, 3.63) is 47.6 Å². The predicted molar refractivity (Wildman–Crippen MR) is 91.4 cm³/mol. The molecule has 0 aliphatic rings. The second-order valence-electron chi connectivity index (χ2n) is 4.43. The molecule has 0 bridgehead atoms. The predicted octanol–water partition coefficient (Wildman–Crippen LogP) is 1.48. The minimum atomic E-state index is 0.387. The first-order valence-electron chi connectivity index (χ1n) is 6.40. The van der Waals surface area contributed by atoms with E-state index in [2.05, 4.69) is 25.9 Å². The number of thiocarbonyl (C=S) groups is 1. The number of fused-ring (bicyclic) bond motifs is 1. The van der Waals surface area contributed by atoms with Crippen molar-refractivity contribution in [2.45, 2.75) is 6.92 Å². The monoisotopic (exact) mass is 331 g/mol. The molecule has 2 aromatic heterocycles. The van der Waals surface area contributed by atoms with E-state index in [-0.39, 0.29) is 0 Å². The molecule has 9 heteroatoms. The van der Waals surface area contributed by atoms with Crippen molar-refractivity contribution in [1.82, 2.24) is 20.0 Å². The van der Waals surface area contributed by atoms with Crippen molar-refractivity contribution in [3.8, 4) is 0 Å². The highest BCUT2D eigenvalue weighted by Gasteiger charge is 2.04. The molecule has 0 saturated carbocycles. The summed E-state index contributed by atoms with van der Waals surface area (Å²) in [5.41, 5.74) is 10.8. The van der Waals surface area contributed by atoms with Crippen LogP contribution in [0.25, 0.3) is 4.96 Å². The summed E-state index contributed by atoms with van der Waals surface area (Å²) in [5.74, 6) is 0. The van der Waals surface area contributed by atoms with Crippen molar-refractivity contribution in [1.29, 1.82) is 0 Å². The van der Waals surface area contributed by atoms with Gasteiger partial charge in [-0.1, -0.05) is 29.5 Å². The van der Waals surface area contributed by atoms with E-state index >= 15 is 0 Å². The van der Waals surface area contributed by atoms with Crippen LogP contribution in [0.15, 0.2) is 41.5 Å². The van der Waals surface area contributed by atoms with Gasteiger partial charge in [0, 0.05) is 17.4 Å². The second-order valence-corrected chi connectivity index (χ2v) is 5.83. The number of hydrogen-bond acceptors (Lipinski definition) is 6. The number of anilines is 2. The van der Waals surface area contributed by atoms with Crippen LogP contribution >= 0.6 is 23.6 Å². The zero-order chi connectivity index (χ0) is 15.5. The summed E-state index contributed by atoms with van der Waals surface area (Å²) in [5, 5.41) is 12.3. The third-order valence-corrected chi connectivity index (χ3v) is 3.64.